The Labute approximate surface area is 99.4 Å². The molecule has 0 saturated carbocycles. The maximum Gasteiger partial charge on any atom is 2.00 e. The standard InChI is InChI=1S/2C5H5N2.Fe/c2*1-2-7-4-3-6-5-7;/h2*2-4H,1H2;/q2*-1;+2. The fourth-order valence-electron chi connectivity index (χ4n) is 0.680. The number of hydrogen-bond acceptors (Lipinski definition) is 2. The van der Waals surface area contributed by atoms with Gasteiger partial charge in [0, 0.05) is 12.7 Å². The molecule has 2 aromatic heterocycles. The molecule has 0 atom stereocenters. The zero-order chi connectivity index (χ0) is 10.2. The van der Waals surface area contributed by atoms with Gasteiger partial charge in [0.15, 0.2) is 0 Å². The summed E-state index contributed by atoms with van der Waals surface area (Å²) in [7, 11) is 0. The number of imidazole rings is 2. The van der Waals surface area contributed by atoms with E-state index in [2.05, 4.69) is 35.8 Å². The monoisotopic (exact) mass is 242 g/mol. The molecule has 0 fully saturated rings. The Morgan fingerprint density at radius 3 is 1.47 bits per heavy atom. The molecule has 2 heterocycles. The van der Waals surface area contributed by atoms with E-state index in [-0.39, 0.29) is 17.1 Å². The van der Waals surface area contributed by atoms with Crippen molar-refractivity contribution in [1.29, 1.82) is 0 Å². The number of hydrogen-bond donors (Lipinski definition) is 0. The van der Waals surface area contributed by atoms with Gasteiger partial charge in [0.25, 0.3) is 0 Å². The van der Waals surface area contributed by atoms with E-state index in [1.165, 1.54) is 0 Å². The number of nitrogens with zero attached hydrogens (tertiary/aromatic N) is 4. The molecule has 0 aliphatic heterocycles. The fourth-order valence-corrected chi connectivity index (χ4v) is 0.680. The van der Waals surface area contributed by atoms with Gasteiger partial charge in [0.05, 0.1) is 0 Å². The molecule has 0 aliphatic carbocycles. The minimum absolute atomic E-state index is 0. The van der Waals surface area contributed by atoms with Gasteiger partial charge < -0.3 is 19.1 Å². The molecule has 0 unspecified atom stereocenters. The zero-order valence-corrected chi connectivity index (χ0v) is 9.12. The molecule has 0 N–H and O–H groups in total. The second-order valence-corrected chi connectivity index (χ2v) is 2.23. The van der Waals surface area contributed by atoms with Gasteiger partial charge >= 0.3 is 17.1 Å². The largest absolute Gasteiger partial charge is 2.00 e. The average molecular weight is 242 g/mol. The SMILES string of the molecule is C=Cn1[c-]ncc1.C=Cn1[c-]ncc1.[Fe+2]. The first kappa shape index (κ1) is 13.4. The maximum atomic E-state index is 3.66. The van der Waals surface area contributed by atoms with Crippen LogP contribution in [0.5, 0.6) is 0 Å². The normalized spacial score (nSPS) is 8.00. The summed E-state index contributed by atoms with van der Waals surface area (Å²) >= 11 is 0. The molecule has 0 bridgehead atoms. The van der Waals surface area contributed by atoms with Crippen molar-refractivity contribution in [3.8, 4) is 0 Å². The zero-order valence-electron chi connectivity index (χ0n) is 8.02. The van der Waals surface area contributed by atoms with E-state index < -0.39 is 0 Å². The van der Waals surface area contributed by atoms with E-state index >= 15 is 0 Å². The molecule has 4 nitrogen and oxygen atoms in total. The van der Waals surface area contributed by atoms with Crippen LogP contribution >= 0.6 is 0 Å². The summed E-state index contributed by atoms with van der Waals surface area (Å²) in [4.78, 5) is 7.32. The smallest absolute Gasteiger partial charge is 0.440 e. The van der Waals surface area contributed by atoms with Crippen LogP contribution in [0, 0.1) is 12.7 Å². The molecule has 0 amide bonds. The second-order valence-electron chi connectivity index (χ2n) is 2.23. The molecule has 0 aliphatic rings. The van der Waals surface area contributed by atoms with Gasteiger partial charge in [-0.3, -0.25) is 0 Å². The second kappa shape index (κ2) is 7.79. The van der Waals surface area contributed by atoms with E-state index in [1.807, 2.05) is 0 Å². The van der Waals surface area contributed by atoms with E-state index in [4.69, 9.17) is 0 Å². The Kier molecular flexibility index (Phi) is 6.97. The molecule has 0 radical (unpaired) electrons. The van der Waals surface area contributed by atoms with Gasteiger partial charge in [-0.05, 0) is 0 Å². The van der Waals surface area contributed by atoms with Crippen LogP contribution in [0.15, 0.2) is 37.9 Å². The molecule has 0 saturated heterocycles. The molecule has 0 spiro atoms. The molecule has 2 rings (SSSR count). The van der Waals surface area contributed by atoms with E-state index in [9.17, 15) is 0 Å². The van der Waals surface area contributed by atoms with Gasteiger partial charge in [0.1, 0.15) is 0 Å². The van der Waals surface area contributed by atoms with Crippen LogP contribution in [0.1, 0.15) is 0 Å². The van der Waals surface area contributed by atoms with Crippen molar-refractivity contribution >= 4 is 12.4 Å². The maximum absolute atomic E-state index is 3.66. The summed E-state index contributed by atoms with van der Waals surface area (Å²) in [5, 5.41) is 0. The number of rotatable bonds is 2. The van der Waals surface area contributed by atoms with Crippen molar-refractivity contribution in [1.82, 2.24) is 19.1 Å². The first-order valence-electron chi connectivity index (χ1n) is 3.93. The fraction of sp³-hybridized carbons (Fsp3) is 0. The topological polar surface area (TPSA) is 35.6 Å². The number of aromatic nitrogens is 4. The molecule has 0 aromatic carbocycles. The third kappa shape index (κ3) is 5.00. The first-order valence-corrected chi connectivity index (χ1v) is 3.93. The third-order valence-corrected chi connectivity index (χ3v) is 1.34. The van der Waals surface area contributed by atoms with Crippen molar-refractivity contribution in [2.45, 2.75) is 0 Å². The predicted octanol–water partition coefficient (Wildman–Crippen LogP) is 1.57. The molecule has 2 aromatic rings. The molecule has 15 heavy (non-hydrogen) atoms. The van der Waals surface area contributed by atoms with E-state index in [0.717, 1.165) is 0 Å². The summed E-state index contributed by atoms with van der Waals surface area (Å²) < 4.78 is 3.31. The van der Waals surface area contributed by atoms with Crippen molar-refractivity contribution in [2.24, 2.45) is 0 Å². The van der Waals surface area contributed by atoms with Crippen LogP contribution in [0.4, 0.5) is 0 Å². The van der Waals surface area contributed by atoms with Crippen LogP contribution in [0.2, 0.25) is 0 Å². The van der Waals surface area contributed by atoms with Gasteiger partial charge in [-0.2, -0.15) is 0 Å². The van der Waals surface area contributed by atoms with E-state index in [0.29, 0.717) is 0 Å². The van der Waals surface area contributed by atoms with Gasteiger partial charge in [-0.15, -0.1) is 13.2 Å². The minimum atomic E-state index is 0. The summed E-state index contributed by atoms with van der Waals surface area (Å²) in [5.41, 5.74) is 0. The Hall–Kier alpha value is -1.58. The van der Waals surface area contributed by atoms with Crippen molar-refractivity contribution in [2.75, 3.05) is 0 Å². The van der Waals surface area contributed by atoms with Crippen LogP contribution in [-0.4, -0.2) is 19.1 Å². The van der Waals surface area contributed by atoms with Crippen molar-refractivity contribution in [3.05, 3.63) is 50.6 Å². The van der Waals surface area contributed by atoms with Crippen LogP contribution < -0.4 is 0 Å². The van der Waals surface area contributed by atoms with Crippen LogP contribution in [0.25, 0.3) is 12.4 Å². The third-order valence-electron chi connectivity index (χ3n) is 1.34. The molecule has 78 valence electrons. The van der Waals surface area contributed by atoms with Crippen LogP contribution in [-0.2, 0) is 17.1 Å². The van der Waals surface area contributed by atoms with Crippen molar-refractivity contribution < 1.29 is 17.1 Å². The molecular formula is C10H10FeN4. The van der Waals surface area contributed by atoms with E-state index in [1.54, 1.807) is 46.3 Å². The first-order chi connectivity index (χ1) is 6.86. The summed E-state index contributed by atoms with van der Waals surface area (Å²) in [6, 6.07) is 0. The Morgan fingerprint density at radius 2 is 1.33 bits per heavy atom. The minimum Gasteiger partial charge on any atom is -0.440 e. The summed E-state index contributed by atoms with van der Waals surface area (Å²) in [6.45, 7) is 6.99. The quantitative estimate of drug-likeness (QED) is 0.591. The summed E-state index contributed by atoms with van der Waals surface area (Å²) in [5.74, 6) is 0. The average Bonchev–Trinajstić information content (AvgIpc) is 2.92. The Balaban J connectivity index is 0.000000245. The molecular weight excluding hydrogens is 232 g/mol. The predicted molar refractivity (Wildman–Crippen MR) is 54.9 cm³/mol. The Morgan fingerprint density at radius 1 is 0.933 bits per heavy atom. The van der Waals surface area contributed by atoms with Crippen molar-refractivity contribution in [3.63, 3.8) is 0 Å². The van der Waals surface area contributed by atoms with Gasteiger partial charge in [0.2, 0.25) is 0 Å². The van der Waals surface area contributed by atoms with Gasteiger partial charge in [-0.1, -0.05) is 37.2 Å². The van der Waals surface area contributed by atoms with Gasteiger partial charge in [-0.25, -0.2) is 0 Å². The summed E-state index contributed by atoms with van der Waals surface area (Å²) in [6.07, 6.45) is 15.4. The Bertz CT molecular complexity index is 326. The van der Waals surface area contributed by atoms with Crippen LogP contribution in [0.3, 0.4) is 0 Å². The molecule has 5 heteroatoms.